The van der Waals surface area contributed by atoms with Crippen molar-refractivity contribution in [3.8, 4) is 5.75 Å². The lowest BCUT2D eigenvalue weighted by Crippen LogP contribution is -2.32. The van der Waals surface area contributed by atoms with E-state index in [9.17, 15) is 9.59 Å². The molecule has 0 atom stereocenters. The van der Waals surface area contributed by atoms with Gasteiger partial charge in [-0.2, -0.15) is 0 Å². The van der Waals surface area contributed by atoms with Gasteiger partial charge in [0.05, 0.1) is 18.7 Å². The summed E-state index contributed by atoms with van der Waals surface area (Å²) in [7, 11) is 1.52. The maximum Gasteiger partial charge on any atom is 0.243 e. The molecule has 2 amide bonds. The molecule has 0 unspecified atom stereocenters. The Morgan fingerprint density at radius 1 is 1.30 bits per heavy atom. The minimum Gasteiger partial charge on any atom is -0.495 e. The Kier molecular flexibility index (Phi) is 6.87. The Morgan fingerprint density at radius 2 is 2.05 bits per heavy atom. The molecule has 0 saturated heterocycles. The molecule has 20 heavy (non-hydrogen) atoms. The van der Waals surface area contributed by atoms with Crippen LogP contribution in [-0.2, 0) is 9.59 Å². The number of nitrogens with one attached hydrogen (secondary N) is 2. The monoisotopic (exact) mass is 298 g/mol. The van der Waals surface area contributed by atoms with Crippen molar-refractivity contribution in [2.75, 3.05) is 19.0 Å². The van der Waals surface area contributed by atoms with Crippen LogP contribution in [0.25, 0.3) is 0 Å². The summed E-state index contributed by atoms with van der Waals surface area (Å²) in [6, 6.07) is 4.94. The summed E-state index contributed by atoms with van der Waals surface area (Å²) in [4.78, 5) is 23.0. The van der Waals surface area contributed by atoms with Gasteiger partial charge in [-0.3, -0.25) is 9.59 Å². The molecule has 0 aliphatic rings. The molecule has 0 aliphatic carbocycles. The van der Waals surface area contributed by atoms with Crippen LogP contribution in [0.4, 0.5) is 5.69 Å². The number of rotatable bonds is 7. The van der Waals surface area contributed by atoms with Gasteiger partial charge in [-0.25, -0.2) is 0 Å². The van der Waals surface area contributed by atoms with Crippen LogP contribution in [0.15, 0.2) is 18.2 Å². The number of halogens is 1. The van der Waals surface area contributed by atoms with E-state index in [1.54, 1.807) is 18.2 Å². The largest absolute Gasteiger partial charge is 0.495 e. The van der Waals surface area contributed by atoms with Crippen LogP contribution in [0.3, 0.4) is 0 Å². The summed E-state index contributed by atoms with van der Waals surface area (Å²) in [5.74, 6) is 0.128. The Hall–Kier alpha value is -1.75. The van der Waals surface area contributed by atoms with Gasteiger partial charge in [-0.1, -0.05) is 24.9 Å². The molecule has 1 aromatic carbocycles. The van der Waals surface area contributed by atoms with E-state index in [-0.39, 0.29) is 18.4 Å². The first-order chi connectivity index (χ1) is 9.56. The summed E-state index contributed by atoms with van der Waals surface area (Å²) < 4.78 is 5.02. The molecule has 1 rings (SSSR count). The molecular formula is C14H19ClN2O3. The van der Waals surface area contributed by atoms with Crippen LogP contribution in [0, 0.1) is 0 Å². The predicted molar refractivity (Wildman–Crippen MR) is 79.2 cm³/mol. The second-order valence-corrected chi connectivity index (χ2v) is 4.68. The molecule has 0 bridgehead atoms. The molecule has 0 radical (unpaired) electrons. The molecule has 1 aromatic rings. The summed E-state index contributed by atoms with van der Waals surface area (Å²) >= 11 is 5.95. The van der Waals surface area contributed by atoms with Crippen molar-refractivity contribution in [3.63, 3.8) is 0 Å². The number of ether oxygens (including phenoxy) is 1. The van der Waals surface area contributed by atoms with Gasteiger partial charge in [0.25, 0.3) is 0 Å². The van der Waals surface area contributed by atoms with Crippen molar-refractivity contribution >= 4 is 29.1 Å². The first-order valence-electron chi connectivity index (χ1n) is 6.47. The molecular weight excluding hydrogens is 280 g/mol. The topological polar surface area (TPSA) is 67.4 Å². The van der Waals surface area contributed by atoms with Gasteiger partial charge in [0.2, 0.25) is 11.8 Å². The Morgan fingerprint density at radius 3 is 2.65 bits per heavy atom. The number of anilines is 1. The van der Waals surface area contributed by atoms with Crippen molar-refractivity contribution in [3.05, 3.63) is 23.2 Å². The van der Waals surface area contributed by atoms with E-state index < -0.39 is 0 Å². The summed E-state index contributed by atoms with van der Waals surface area (Å²) in [5.41, 5.74) is 0.559. The van der Waals surface area contributed by atoms with Gasteiger partial charge >= 0.3 is 0 Å². The van der Waals surface area contributed by atoms with Crippen molar-refractivity contribution in [2.24, 2.45) is 0 Å². The van der Waals surface area contributed by atoms with Crippen LogP contribution in [0.2, 0.25) is 5.02 Å². The van der Waals surface area contributed by atoms with E-state index in [1.807, 2.05) is 6.92 Å². The Labute approximate surface area is 123 Å². The smallest absolute Gasteiger partial charge is 0.243 e. The van der Waals surface area contributed by atoms with Gasteiger partial charge in [0, 0.05) is 12.1 Å². The highest BCUT2D eigenvalue weighted by molar-refractivity contribution is 6.32. The zero-order valence-corrected chi connectivity index (χ0v) is 12.4. The second kappa shape index (κ2) is 8.43. The fourth-order valence-electron chi connectivity index (χ4n) is 1.55. The second-order valence-electron chi connectivity index (χ2n) is 4.28. The normalized spacial score (nSPS) is 9.95. The Bertz CT molecular complexity index is 477. The zero-order chi connectivity index (χ0) is 15.0. The van der Waals surface area contributed by atoms with E-state index in [0.717, 1.165) is 12.8 Å². The molecule has 110 valence electrons. The number of methoxy groups -OCH3 is 1. The third-order valence-electron chi connectivity index (χ3n) is 2.64. The predicted octanol–water partition coefficient (Wildman–Crippen LogP) is 2.59. The molecule has 2 N–H and O–H groups in total. The molecule has 6 heteroatoms. The summed E-state index contributed by atoms with van der Waals surface area (Å²) in [6.45, 7) is 1.96. The highest BCUT2D eigenvalue weighted by atomic mass is 35.5. The number of amides is 2. The van der Waals surface area contributed by atoms with Crippen LogP contribution in [0.5, 0.6) is 5.75 Å². The molecule has 0 spiro atoms. The summed E-state index contributed by atoms with van der Waals surface area (Å²) in [6.07, 6.45) is 2.21. The standard InChI is InChI=1S/C14H19ClN2O3/c1-3-4-5-13(18)16-9-14(19)17-10-6-7-12(20-2)11(15)8-10/h6-8H,3-5,9H2,1-2H3,(H,16,18)(H,17,19). The Balaban J connectivity index is 2.42. The van der Waals surface area contributed by atoms with Gasteiger partial charge in [0.1, 0.15) is 5.75 Å². The fraction of sp³-hybridized carbons (Fsp3) is 0.429. The molecule has 0 saturated carbocycles. The van der Waals surface area contributed by atoms with Crippen LogP contribution in [0.1, 0.15) is 26.2 Å². The lowest BCUT2D eigenvalue weighted by molar-refractivity contribution is -0.124. The van der Waals surface area contributed by atoms with E-state index in [2.05, 4.69) is 10.6 Å². The van der Waals surface area contributed by atoms with Crippen LogP contribution < -0.4 is 15.4 Å². The van der Waals surface area contributed by atoms with Crippen molar-refractivity contribution < 1.29 is 14.3 Å². The van der Waals surface area contributed by atoms with Crippen LogP contribution >= 0.6 is 11.6 Å². The van der Waals surface area contributed by atoms with E-state index in [4.69, 9.17) is 16.3 Å². The third kappa shape index (κ3) is 5.48. The average Bonchev–Trinajstić information content (AvgIpc) is 2.43. The molecule has 0 aromatic heterocycles. The van der Waals surface area contributed by atoms with Gasteiger partial charge in [-0.05, 0) is 24.6 Å². The lowest BCUT2D eigenvalue weighted by Gasteiger charge is -2.08. The number of carbonyl (C=O) groups is 2. The van der Waals surface area contributed by atoms with Crippen molar-refractivity contribution in [1.82, 2.24) is 5.32 Å². The first-order valence-corrected chi connectivity index (χ1v) is 6.84. The fourth-order valence-corrected chi connectivity index (χ4v) is 1.81. The zero-order valence-electron chi connectivity index (χ0n) is 11.7. The molecule has 0 heterocycles. The third-order valence-corrected chi connectivity index (χ3v) is 2.93. The van der Waals surface area contributed by atoms with Crippen molar-refractivity contribution in [1.29, 1.82) is 0 Å². The minimum atomic E-state index is -0.295. The SMILES string of the molecule is CCCCC(=O)NCC(=O)Nc1ccc(OC)c(Cl)c1. The molecule has 0 fully saturated rings. The maximum atomic E-state index is 11.7. The van der Waals surface area contributed by atoms with E-state index in [0.29, 0.717) is 22.9 Å². The van der Waals surface area contributed by atoms with Gasteiger partial charge in [0.15, 0.2) is 0 Å². The van der Waals surface area contributed by atoms with E-state index >= 15 is 0 Å². The highest BCUT2D eigenvalue weighted by Crippen LogP contribution is 2.26. The maximum absolute atomic E-state index is 11.7. The average molecular weight is 299 g/mol. The first kappa shape index (κ1) is 16.3. The van der Waals surface area contributed by atoms with Gasteiger partial charge < -0.3 is 15.4 Å². The number of hydrogen-bond acceptors (Lipinski definition) is 3. The highest BCUT2D eigenvalue weighted by Gasteiger charge is 2.07. The summed E-state index contributed by atoms with van der Waals surface area (Å²) in [5, 5.41) is 5.63. The van der Waals surface area contributed by atoms with Crippen LogP contribution in [-0.4, -0.2) is 25.5 Å². The molecule has 5 nitrogen and oxygen atoms in total. The molecule has 0 aliphatic heterocycles. The number of carbonyl (C=O) groups excluding carboxylic acids is 2. The number of unbranched alkanes of at least 4 members (excludes halogenated alkanes) is 1. The lowest BCUT2D eigenvalue weighted by atomic mass is 10.2. The number of benzene rings is 1. The van der Waals surface area contributed by atoms with Gasteiger partial charge in [-0.15, -0.1) is 0 Å². The van der Waals surface area contributed by atoms with Crippen molar-refractivity contribution in [2.45, 2.75) is 26.2 Å². The number of hydrogen-bond donors (Lipinski definition) is 2. The minimum absolute atomic E-state index is 0.0494. The quantitative estimate of drug-likeness (QED) is 0.813. The van der Waals surface area contributed by atoms with E-state index in [1.165, 1.54) is 7.11 Å².